The minimum absolute atomic E-state index is 0.0354. The zero-order valence-corrected chi connectivity index (χ0v) is 18.6. The van der Waals surface area contributed by atoms with Crippen molar-refractivity contribution in [2.75, 3.05) is 31.6 Å². The monoisotopic (exact) mass is 494 g/mol. The van der Waals surface area contributed by atoms with Gasteiger partial charge in [0, 0.05) is 31.4 Å². The predicted octanol–water partition coefficient (Wildman–Crippen LogP) is 3.50. The molecule has 0 unspecified atom stereocenters. The molecule has 12 heteroatoms. The van der Waals surface area contributed by atoms with Gasteiger partial charge in [-0.25, -0.2) is 13.9 Å². The molecule has 1 saturated heterocycles. The molecule has 3 aromatic rings. The highest BCUT2D eigenvalue weighted by Crippen LogP contribution is 2.29. The Hall–Kier alpha value is -3.93. The molecule has 1 fully saturated rings. The van der Waals surface area contributed by atoms with Gasteiger partial charge in [0.1, 0.15) is 11.6 Å². The number of methoxy groups -OCH3 is 1. The summed E-state index contributed by atoms with van der Waals surface area (Å²) in [5, 5.41) is 11.4. The van der Waals surface area contributed by atoms with E-state index in [1.54, 1.807) is 35.0 Å². The molecule has 4 rings (SSSR count). The molecule has 1 aliphatic rings. The van der Waals surface area contributed by atoms with Crippen molar-refractivity contribution in [1.29, 1.82) is 0 Å². The number of hydrogen-bond acceptors (Lipinski definition) is 5. The number of anilines is 1. The number of para-hydroxylation sites is 2. The van der Waals surface area contributed by atoms with Gasteiger partial charge in [-0.2, -0.15) is 18.3 Å². The van der Waals surface area contributed by atoms with Crippen molar-refractivity contribution in [2.24, 2.45) is 0 Å². The molecule has 1 amide bonds. The Bertz CT molecular complexity index is 1180. The first-order valence-electron chi connectivity index (χ1n) is 10.3. The highest BCUT2D eigenvalue weighted by atomic mass is 19.4. The second kappa shape index (κ2) is 11.0. The quantitative estimate of drug-likeness (QED) is 0.547. The summed E-state index contributed by atoms with van der Waals surface area (Å²) >= 11 is 0. The minimum Gasteiger partial charge on any atom is -0.495 e. The lowest BCUT2D eigenvalue weighted by Crippen LogP contribution is -2.50. The minimum atomic E-state index is -5.08. The first kappa shape index (κ1) is 25.7. The number of aromatic nitrogens is 2. The van der Waals surface area contributed by atoms with E-state index in [0.717, 1.165) is 17.8 Å². The van der Waals surface area contributed by atoms with E-state index in [1.165, 1.54) is 12.1 Å². The fourth-order valence-corrected chi connectivity index (χ4v) is 3.42. The number of benzene rings is 2. The fraction of sp³-hybridized carbons (Fsp3) is 0.261. The fourth-order valence-electron chi connectivity index (χ4n) is 3.42. The second-order valence-electron chi connectivity index (χ2n) is 7.50. The average Bonchev–Trinajstić information content (AvgIpc) is 3.27. The van der Waals surface area contributed by atoms with Gasteiger partial charge >= 0.3 is 12.1 Å². The maximum absolute atomic E-state index is 13.4. The summed E-state index contributed by atoms with van der Waals surface area (Å²) in [5.41, 5.74) is 2.44. The molecule has 8 nitrogen and oxygen atoms in total. The normalized spacial score (nSPS) is 14.3. The SMILES string of the molecule is COc1ccccc1N1CCN(Cc2cnn(-c3cccc(F)c3)c2)CC1=O.O=C(O)C(F)(F)F. The van der Waals surface area contributed by atoms with Crippen molar-refractivity contribution in [1.82, 2.24) is 14.7 Å². The van der Waals surface area contributed by atoms with Crippen LogP contribution in [-0.4, -0.2) is 64.6 Å². The number of carboxylic acids is 1. The van der Waals surface area contributed by atoms with Crippen molar-refractivity contribution in [3.8, 4) is 11.4 Å². The molecule has 2 aromatic carbocycles. The van der Waals surface area contributed by atoms with Crippen LogP contribution >= 0.6 is 0 Å². The van der Waals surface area contributed by atoms with Crippen LogP contribution in [0.5, 0.6) is 5.75 Å². The maximum Gasteiger partial charge on any atom is 0.490 e. The molecule has 0 radical (unpaired) electrons. The zero-order chi connectivity index (χ0) is 25.6. The van der Waals surface area contributed by atoms with Crippen LogP contribution in [0.15, 0.2) is 60.9 Å². The van der Waals surface area contributed by atoms with Crippen LogP contribution in [0.1, 0.15) is 5.56 Å². The van der Waals surface area contributed by atoms with Crippen LogP contribution in [0.2, 0.25) is 0 Å². The third-order valence-corrected chi connectivity index (χ3v) is 5.03. The topological polar surface area (TPSA) is 87.9 Å². The number of amides is 1. The summed E-state index contributed by atoms with van der Waals surface area (Å²) in [5.74, 6) is -2.32. The Morgan fingerprint density at radius 2 is 1.86 bits per heavy atom. The summed E-state index contributed by atoms with van der Waals surface area (Å²) < 4.78 is 52.2. The van der Waals surface area contributed by atoms with Gasteiger partial charge in [0.2, 0.25) is 5.91 Å². The van der Waals surface area contributed by atoms with E-state index in [1.807, 2.05) is 30.5 Å². The highest BCUT2D eigenvalue weighted by molar-refractivity contribution is 5.96. The Labute approximate surface area is 197 Å². The lowest BCUT2D eigenvalue weighted by molar-refractivity contribution is -0.192. The number of piperazine rings is 1. The molecule has 1 aliphatic heterocycles. The largest absolute Gasteiger partial charge is 0.495 e. The van der Waals surface area contributed by atoms with E-state index in [4.69, 9.17) is 14.6 Å². The van der Waals surface area contributed by atoms with Crippen LogP contribution in [-0.2, 0) is 16.1 Å². The Kier molecular flexibility index (Phi) is 8.07. The maximum atomic E-state index is 13.4. The molecule has 0 aliphatic carbocycles. The van der Waals surface area contributed by atoms with Crippen LogP contribution < -0.4 is 9.64 Å². The van der Waals surface area contributed by atoms with Gasteiger partial charge in [-0.3, -0.25) is 9.69 Å². The molecular formula is C23H22F4N4O4. The van der Waals surface area contributed by atoms with Gasteiger partial charge in [-0.15, -0.1) is 0 Å². The first-order chi connectivity index (χ1) is 16.6. The van der Waals surface area contributed by atoms with Crippen LogP contribution in [0.3, 0.4) is 0 Å². The van der Waals surface area contributed by atoms with Gasteiger partial charge in [-0.1, -0.05) is 18.2 Å². The molecule has 1 N–H and O–H groups in total. The summed E-state index contributed by atoms with van der Waals surface area (Å²) in [7, 11) is 1.61. The van der Waals surface area contributed by atoms with Crippen molar-refractivity contribution in [2.45, 2.75) is 12.7 Å². The number of carbonyl (C=O) groups excluding carboxylic acids is 1. The Balaban J connectivity index is 0.000000429. The summed E-state index contributed by atoms with van der Waals surface area (Å²) in [6.45, 7) is 2.27. The number of ether oxygens (including phenoxy) is 1. The summed E-state index contributed by atoms with van der Waals surface area (Å²) in [6.07, 6.45) is -1.46. The van der Waals surface area contributed by atoms with Gasteiger partial charge in [0.25, 0.3) is 0 Å². The number of carboxylic acid groups (broad SMARTS) is 1. The van der Waals surface area contributed by atoms with E-state index < -0.39 is 12.1 Å². The van der Waals surface area contributed by atoms with Crippen LogP contribution in [0.4, 0.5) is 23.2 Å². The number of aliphatic carboxylic acids is 1. The van der Waals surface area contributed by atoms with Crippen molar-refractivity contribution < 1.29 is 37.0 Å². The second-order valence-corrected chi connectivity index (χ2v) is 7.50. The molecule has 186 valence electrons. The lowest BCUT2D eigenvalue weighted by atomic mass is 10.2. The van der Waals surface area contributed by atoms with E-state index in [9.17, 15) is 22.4 Å². The van der Waals surface area contributed by atoms with Gasteiger partial charge in [0.15, 0.2) is 0 Å². The third kappa shape index (κ3) is 6.79. The van der Waals surface area contributed by atoms with Crippen molar-refractivity contribution in [3.05, 3.63) is 72.3 Å². The highest BCUT2D eigenvalue weighted by Gasteiger charge is 2.38. The lowest BCUT2D eigenvalue weighted by Gasteiger charge is -2.34. The van der Waals surface area contributed by atoms with Gasteiger partial charge in [0.05, 0.1) is 31.2 Å². The molecule has 1 aromatic heterocycles. The number of carbonyl (C=O) groups is 2. The average molecular weight is 494 g/mol. The van der Waals surface area contributed by atoms with E-state index in [0.29, 0.717) is 31.1 Å². The van der Waals surface area contributed by atoms with E-state index >= 15 is 0 Å². The Morgan fingerprint density at radius 3 is 2.49 bits per heavy atom. The Morgan fingerprint density at radius 1 is 1.14 bits per heavy atom. The number of rotatable bonds is 5. The molecular weight excluding hydrogens is 472 g/mol. The third-order valence-electron chi connectivity index (χ3n) is 5.03. The predicted molar refractivity (Wildman–Crippen MR) is 118 cm³/mol. The molecule has 0 atom stereocenters. The molecule has 2 heterocycles. The number of nitrogens with zero attached hydrogens (tertiary/aromatic N) is 4. The summed E-state index contributed by atoms with van der Waals surface area (Å²) in [6, 6.07) is 13.8. The molecule has 0 saturated carbocycles. The number of hydrogen-bond donors (Lipinski definition) is 1. The smallest absolute Gasteiger partial charge is 0.490 e. The van der Waals surface area contributed by atoms with Crippen LogP contribution in [0, 0.1) is 5.82 Å². The molecule has 35 heavy (non-hydrogen) atoms. The summed E-state index contributed by atoms with van der Waals surface area (Å²) in [4.78, 5) is 25.4. The van der Waals surface area contributed by atoms with Gasteiger partial charge < -0.3 is 14.7 Å². The number of halogens is 4. The first-order valence-corrected chi connectivity index (χ1v) is 10.3. The van der Waals surface area contributed by atoms with E-state index in [2.05, 4.69) is 10.00 Å². The zero-order valence-electron chi connectivity index (χ0n) is 18.6. The van der Waals surface area contributed by atoms with Crippen molar-refractivity contribution in [3.63, 3.8) is 0 Å². The molecule has 0 bridgehead atoms. The molecule has 0 spiro atoms. The van der Waals surface area contributed by atoms with Crippen LogP contribution in [0.25, 0.3) is 5.69 Å². The van der Waals surface area contributed by atoms with Gasteiger partial charge in [-0.05, 0) is 30.3 Å². The van der Waals surface area contributed by atoms with Crippen molar-refractivity contribution >= 4 is 17.6 Å². The number of alkyl halides is 3. The standard InChI is InChI=1S/C21H21FN4O2.C2HF3O2/c1-28-20-8-3-2-7-19(20)25-10-9-24(15-21(25)27)13-16-12-23-26(14-16)18-6-4-5-17(22)11-18;3-2(4,5)1(6)7/h2-8,11-12,14H,9-10,13,15H2,1H3;(H,6,7). The van der Waals surface area contributed by atoms with E-state index in [-0.39, 0.29) is 11.7 Å².